The Morgan fingerprint density at radius 1 is 1.28 bits per heavy atom. The van der Waals surface area contributed by atoms with Crippen molar-refractivity contribution in [3.8, 4) is 0 Å². The van der Waals surface area contributed by atoms with Gasteiger partial charge in [-0.25, -0.2) is 4.39 Å². The molecule has 0 heterocycles. The van der Waals surface area contributed by atoms with E-state index in [-0.39, 0.29) is 11.2 Å². The molecule has 0 rings (SSSR count). The van der Waals surface area contributed by atoms with Gasteiger partial charge in [-0.2, -0.15) is 0 Å². The van der Waals surface area contributed by atoms with Gasteiger partial charge < -0.3 is 4.74 Å². The maximum atomic E-state index is 13.2. The number of esters is 1. The van der Waals surface area contributed by atoms with Crippen LogP contribution >= 0.6 is 11.8 Å². The van der Waals surface area contributed by atoms with Crippen LogP contribution in [0.3, 0.4) is 0 Å². The minimum atomic E-state index is -0.682. The van der Waals surface area contributed by atoms with Crippen molar-refractivity contribution in [1.82, 2.24) is 0 Å². The number of ether oxygens (including phenoxy) is 1. The molecule has 0 fully saturated rings. The summed E-state index contributed by atoms with van der Waals surface area (Å²) in [6, 6.07) is 0. The number of alkyl halides is 1. The molecule has 0 aromatic heterocycles. The highest BCUT2D eigenvalue weighted by Gasteiger charge is 2.15. The van der Waals surface area contributed by atoms with Crippen LogP contribution in [0.25, 0.3) is 0 Å². The van der Waals surface area contributed by atoms with Gasteiger partial charge in [0, 0.05) is 0 Å². The molecule has 2 nitrogen and oxygen atoms in total. The molecule has 2 atom stereocenters. The van der Waals surface area contributed by atoms with Gasteiger partial charge in [-0.15, -0.1) is 11.8 Å². The molecule has 0 saturated heterocycles. The van der Waals surface area contributed by atoms with Crippen molar-refractivity contribution in [2.24, 2.45) is 5.92 Å². The third-order valence-electron chi connectivity index (χ3n) is 2.52. The molecule has 0 radical (unpaired) electrons. The summed E-state index contributed by atoms with van der Waals surface area (Å²) in [7, 11) is 0. The van der Waals surface area contributed by atoms with E-state index in [9.17, 15) is 9.18 Å². The second-order valence-corrected chi connectivity index (χ2v) is 6.51. The fourth-order valence-corrected chi connectivity index (χ4v) is 2.35. The average molecular weight is 278 g/mol. The standard InChI is InChI=1S/C14H27FO2S/c1-5-7-13(15)8-6-9-18-12(4)14(16)17-10-11(2)3/h11-13H,5-10H2,1-4H3. The van der Waals surface area contributed by atoms with Crippen LogP contribution in [-0.4, -0.2) is 29.8 Å². The molecule has 0 aliphatic heterocycles. The van der Waals surface area contributed by atoms with E-state index >= 15 is 0 Å². The lowest BCUT2D eigenvalue weighted by Gasteiger charge is -2.13. The molecule has 108 valence electrons. The largest absolute Gasteiger partial charge is 0.465 e. The van der Waals surface area contributed by atoms with Crippen LogP contribution in [0.2, 0.25) is 0 Å². The smallest absolute Gasteiger partial charge is 0.318 e. The van der Waals surface area contributed by atoms with Gasteiger partial charge in [-0.3, -0.25) is 4.79 Å². The summed E-state index contributed by atoms with van der Waals surface area (Å²) in [5.41, 5.74) is 0. The van der Waals surface area contributed by atoms with Crippen molar-refractivity contribution in [1.29, 1.82) is 0 Å². The van der Waals surface area contributed by atoms with Crippen molar-refractivity contribution in [2.75, 3.05) is 12.4 Å². The lowest BCUT2D eigenvalue weighted by Crippen LogP contribution is -2.19. The van der Waals surface area contributed by atoms with Gasteiger partial charge in [0.1, 0.15) is 6.17 Å². The third kappa shape index (κ3) is 9.75. The number of hydrogen-bond donors (Lipinski definition) is 0. The summed E-state index contributed by atoms with van der Waals surface area (Å²) < 4.78 is 18.3. The molecular weight excluding hydrogens is 251 g/mol. The predicted octanol–water partition coefficient (Wildman–Crippen LogP) is 4.23. The third-order valence-corrected chi connectivity index (χ3v) is 3.74. The first-order chi connectivity index (χ1) is 8.47. The van der Waals surface area contributed by atoms with Crippen LogP contribution in [0.5, 0.6) is 0 Å². The molecule has 2 unspecified atom stereocenters. The molecule has 0 aliphatic carbocycles. The van der Waals surface area contributed by atoms with E-state index in [0.717, 1.165) is 18.6 Å². The number of carbonyl (C=O) groups excluding carboxylic acids is 1. The number of rotatable bonds is 10. The molecule has 0 spiro atoms. The molecule has 0 aromatic rings. The number of carbonyl (C=O) groups is 1. The van der Waals surface area contributed by atoms with E-state index in [0.29, 0.717) is 25.4 Å². The highest BCUT2D eigenvalue weighted by atomic mass is 32.2. The Labute approximate surface area is 115 Å². The summed E-state index contributed by atoms with van der Waals surface area (Å²) in [6.45, 7) is 8.35. The van der Waals surface area contributed by atoms with Gasteiger partial charge in [0.05, 0.1) is 11.9 Å². The van der Waals surface area contributed by atoms with E-state index < -0.39 is 6.17 Å². The van der Waals surface area contributed by atoms with Crippen LogP contribution in [0.4, 0.5) is 4.39 Å². The highest BCUT2D eigenvalue weighted by molar-refractivity contribution is 8.00. The first-order valence-corrected chi connectivity index (χ1v) is 7.94. The van der Waals surface area contributed by atoms with Crippen LogP contribution in [0, 0.1) is 5.92 Å². The monoisotopic (exact) mass is 278 g/mol. The lowest BCUT2D eigenvalue weighted by atomic mass is 10.1. The van der Waals surface area contributed by atoms with E-state index in [4.69, 9.17) is 4.74 Å². The Kier molecular flexibility index (Phi) is 10.5. The Balaban J connectivity index is 3.57. The summed E-state index contributed by atoms with van der Waals surface area (Å²) >= 11 is 1.56. The predicted molar refractivity (Wildman–Crippen MR) is 76.8 cm³/mol. The number of thioether (sulfide) groups is 1. The minimum Gasteiger partial charge on any atom is -0.465 e. The Hall–Kier alpha value is -0.250. The average Bonchev–Trinajstić information content (AvgIpc) is 2.31. The molecule has 0 N–H and O–H groups in total. The van der Waals surface area contributed by atoms with Gasteiger partial charge in [-0.1, -0.05) is 27.2 Å². The van der Waals surface area contributed by atoms with Crippen LogP contribution in [0.15, 0.2) is 0 Å². The summed E-state index contributed by atoms with van der Waals surface area (Å²) in [6.07, 6.45) is 2.30. The van der Waals surface area contributed by atoms with E-state index in [2.05, 4.69) is 0 Å². The highest BCUT2D eigenvalue weighted by Crippen LogP contribution is 2.17. The molecule has 18 heavy (non-hydrogen) atoms. The van der Waals surface area contributed by atoms with Crippen molar-refractivity contribution < 1.29 is 13.9 Å². The Morgan fingerprint density at radius 3 is 2.50 bits per heavy atom. The topological polar surface area (TPSA) is 26.3 Å². The van der Waals surface area contributed by atoms with Crippen LogP contribution < -0.4 is 0 Å². The SMILES string of the molecule is CCCC(F)CCCSC(C)C(=O)OCC(C)C. The molecule has 0 amide bonds. The second kappa shape index (κ2) is 10.7. The van der Waals surface area contributed by atoms with Crippen LogP contribution in [0.1, 0.15) is 53.4 Å². The lowest BCUT2D eigenvalue weighted by molar-refractivity contribution is -0.143. The molecule has 0 bridgehead atoms. The fraction of sp³-hybridized carbons (Fsp3) is 0.929. The zero-order chi connectivity index (χ0) is 14.0. The summed E-state index contributed by atoms with van der Waals surface area (Å²) in [5.74, 6) is 1.04. The quantitative estimate of drug-likeness (QED) is 0.442. The van der Waals surface area contributed by atoms with Crippen molar-refractivity contribution in [3.05, 3.63) is 0 Å². The fourth-order valence-electron chi connectivity index (χ4n) is 1.46. The second-order valence-electron chi connectivity index (χ2n) is 5.07. The molecule has 4 heteroatoms. The summed E-state index contributed by atoms with van der Waals surface area (Å²) in [4.78, 5) is 11.6. The van der Waals surface area contributed by atoms with Crippen molar-refractivity contribution in [2.45, 2.75) is 64.8 Å². The first-order valence-electron chi connectivity index (χ1n) is 6.89. The normalized spacial score (nSPS) is 14.6. The number of hydrogen-bond acceptors (Lipinski definition) is 3. The zero-order valence-electron chi connectivity index (χ0n) is 12.1. The zero-order valence-corrected chi connectivity index (χ0v) is 12.9. The minimum absolute atomic E-state index is 0.145. The van der Waals surface area contributed by atoms with Crippen LogP contribution in [-0.2, 0) is 9.53 Å². The molecular formula is C14H27FO2S. The maximum absolute atomic E-state index is 13.2. The van der Waals surface area contributed by atoms with E-state index in [1.165, 1.54) is 0 Å². The van der Waals surface area contributed by atoms with Gasteiger partial charge >= 0.3 is 5.97 Å². The molecule has 0 aromatic carbocycles. The van der Waals surface area contributed by atoms with E-state index in [1.54, 1.807) is 11.8 Å². The maximum Gasteiger partial charge on any atom is 0.318 e. The molecule has 0 aliphatic rings. The number of halogens is 1. The first kappa shape index (κ1) is 17.8. The van der Waals surface area contributed by atoms with Gasteiger partial charge in [-0.05, 0) is 37.9 Å². The van der Waals surface area contributed by atoms with Crippen molar-refractivity contribution >= 4 is 17.7 Å². The molecule has 0 saturated carbocycles. The van der Waals surface area contributed by atoms with Gasteiger partial charge in [0.2, 0.25) is 0 Å². The van der Waals surface area contributed by atoms with Gasteiger partial charge in [0.25, 0.3) is 0 Å². The van der Waals surface area contributed by atoms with Gasteiger partial charge in [0.15, 0.2) is 0 Å². The van der Waals surface area contributed by atoms with Crippen molar-refractivity contribution in [3.63, 3.8) is 0 Å². The van der Waals surface area contributed by atoms with E-state index in [1.807, 2.05) is 27.7 Å². The Bertz CT molecular complexity index is 222. The Morgan fingerprint density at radius 2 is 1.94 bits per heavy atom. The summed E-state index contributed by atoms with van der Waals surface area (Å²) in [5, 5.41) is -0.145.